The van der Waals surface area contributed by atoms with Crippen molar-refractivity contribution in [3.8, 4) is 0 Å². The second-order valence-corrected chi connectivity index (χ2v) is 3.66. The maximum Gasteiger partial charge on any atom is 0.232 e. The third-order valence-corrected chi connectivity index (χ3v) is 2.61. The number of carbonyl (C=O) groups excluding carboxylic acids is 1. The number of amides is 1. The highest BCUT2D eigenvalue weighted by Crippen LogP contribution is 2.16. The van der Waals surface area contributed by atoms with Crippen molar-refractivity contribution in [1.82, 2.24) is 0 Å². The molecule has 0 spiro atoms. The molecule has 0 saturated carbocycles. The molecular weight excluding hydrogens is 209 g/mol. The Morgan fingerprint density at radius 2 is 2.00 bits per heavy atom. The molecule has 0 aliphatic carbocycles. The standard InChI is InChI=1S/C12H16FNO2/c1-3-9(8-15)12(16)14(2)11-6-4-10(13)5-7-11/h4-7,9,15H,3,8H2,1-2H3. The molecule has 0 aliphatic heterocycles. The first kappa shape index (κ1) is 12.6. The van der Waals surface area contributed by atoms with Crippen LogP contribution in [0.3, 0.4) is 0 Å². The van der Waals surface area contributed by atoms with Crippen molar-refractivity contribution in [2.24, 2.45) is 5.92 Å². The Hall–Kier alpha value is -1.42. The van der Waals surface area contributed by atoms with Gasteiger partial charge in [0.25, 0.3) is 0 Å². The van der Waals surface area contributed by atoms with E-state index in [0.717, 1.165) is 0 Å². The molecule has 88 valence electrons. The SMILES string of the molecule is CCC(CO)C(=O)N(C)c1ccc(F)cc1. The lowest BCUT2D eigenvalue weighted by Crippen LogP contribution is -2.34. The summed E-state index contributed by atoms with van der Waals surface area (Å²) >= 11 is 0. The third-order valence-electron chi connectivity index (χ3n) is 2.61. The summed E-state index contributed by atoms with van der Waals surface area (Å²) in [4.78, 5) is 13.3. The Morgan fingerprint density at radius 1 is 1.44 bits per heavy atom. The quantitative estimate of drug-likeness (QED) is 0.849. The predicted octanol–water partition coefficient (Wildman–Crippen LogP) is 1.81. The van der Waals surface area contributed by atoms with Gasteiger partial charge in [0.15, 0.2) is 0 Å². The van der Waals surface area contributed by atoms with Gasteiger partial charge in [-0.3, -0.25) is 4.79 Å². The topological polar surface area (TPSA) is 40.5 Å². The predicted molar refractivity (Wildman–Crippen MR) is 60.7 cm³/mol. The average molecular weight is 225 g/mol. The molecule has 0 bridgehead atoms. The van der Waals surface area contributed by atoms with Crippen molar-refractivity contribution in [3.63, 3.8) is 0 Å². The number of rotatable bonds is 4. The summed E-state index contributed by atoms with van der Waals surface area (Å²) in [5.74, 6) is -0.884. The Kier molecular flexibility index (Phi) is 4.43. The van der Waals surface area contributed by atoms with Crippen molar-refractivity contribution in [3.05, 3.63) is 30.1 Å². The fourth-order valence-corrected chi connectivity index (χ4v) is 1.45. The van der Waals surface area contributed by atoms with E-state index in [2.05, 4.69) is 0 Å². The van der Waals surface area contributed by atoms with Crippen LogP contribution in [0.5, 0.6) is 0 Å². The Balaban J connectivity index is 2.81. The first-order valence-electron chi connectivity index (χ1n) is 5.24. The van der Waals surface area contributed by atoms with Crippen molar-refractivity contribution in [2.75, 3.05) is 18.6 Å². The van der Waals surface area contributed by atoms with Crippen LogP contribution >= 0.6 is 0 Å². The van der Waals surface area contributed by atoms with Crippen LogP contribution in [0.4, 0.5) is 10.1 Å². The highest BCUT2D eigenvalue weighted by molar-refractivity contribution is 5.94. The number of benzene rings is 1. The summed E-state index contributed by atoms with van der Waals surface area (Å²) in [6.45, 7) is 1.68. The molecule has 16 heavy (non-hydrogen) atoms. The van der Waals surface area contributed by atoms with Crippen molar-refractivity contribution in [2.45, 2.75) is 13.3 Å². The summed E-state index contributed by atoms with van der Waals surface area (Å²) in [5.41, 5.74) is 0.623. The summed E-state index contributed by atoms with van der Waals surface area (Å²) in [6.07, 6.45) is 0.584. The highest BCUT2D eigenvalue weighted by Gasteiger charge is 2.20. The number of hydrogen-bond acceptors (Lipinski definition) is 2. The number of aliphatic hydroxyl groups excluding tert-OH is 1. The Labute approximate surface area is 94.5 Å². The third kappa shape index (κ3) is 2.79. The van der Waals surface area contributed by atoms with Crippen LogP contribution in [0, 0.1) is 11.7 Å². The monoisotopic (exact) mass is 225 g/mol. The van der Waals surface area contributed by atoms with Gasteiger partial charge in [0.05, 0.1) is 12.5 Å². The molecule has 0 radical (unpaired) electrons. The molecule has 1 amide bonds. The van der Waals surface area contributed by atoms with Gasteiger partial charge in [-0.1, -0.05) is 6.92 Å². The normalized spacial score (nSPS) is 12.2. The number of nitrogens with zero attached hydrogens (tertiary/aromatic N) is 1. The lowest BCUT2D eigenvalue weighted by atomic mass is 10.1. The van der Waals surface area contributed by atoms with Crippen LogP contribution in [0.1, 0.15) is 13.3 Å². The Morgan fingerprint density at radius 3 is 2.44 bits per heavy atom. The first-order chi connectivity index (χ1) is 7.60. The van der Waals surface area contributed by atoms with E-state index in [9.17, 15) is 9.18 Å². The van der Waals surface area contributed by atoms with Crippen LogP contribution in [-0.2, 0) is 4.79 Å². The lowest BCUT2D eigenvalue weighted by Gasteiger charge is -2.21. The average Bonchev–Trinajstić information content (AvgIpc) is 2.30. The molecule has 0 saturated heterocycles. The summed E-state index contributed by atoms with van der Waals surface area (Å²) in [5, 5.41) is 9.03. The number of carbonyl (C=O) groups is 1. The van der Waals surface area contributed by atoms with Gasteiger partial charge in [-0.05, 0) is 30.7 Å². The molecule has 0 aliphatic rings. The van der Waals surface area contributed by atoms with E-state index in [-0.39, 0.29) is 18.3 Å². The maximum atomic E-state index is 12.7. The van der Waals surface area contributed by atoms with Gasteiger partial charge in [-0.15, -0.1) is 0 Å². The second kappa shape index (κ2) is 5.61. The molecule has 0 aromatic heterocycles. The molecule has 0 fully saturated rings. The number of aliphatic hydroxyl groups is 1. The Bertz CT molecular complexity index is 347. The molecule has 1 N–H and O–H groups in total. The van der Waals surface area contributed by atoms with Crippen molar-refractivity contribution < 1.29 is 14.3 Å². The van der Waals surface area contributed by atoms with Gasteiger partial charge in [-0.25, -0.2) is 4.39 Å². The van der Waals surface area contributed by atoms with E-state index >= 15 is 0 Å². The fourth-order valence-electron chi connectivity index (χ4n) is 1.45. The van der Waals surface area contributed by atoms with E-state index in [1.54, 1.807) is 7.05 Å². The largest absolute Gasteiger partial charge is 0.396 e. The van der Waals surface area contributed by atoms with Gasteiger partial charge >= 0.3 is 0 Å². The minimum absolute atomic E-state index is 0.156. The molecule has 1 aromatic rings. The van der Waals surface area contributed by atoms with Gasteiger partial charge in [0.1, 0.15) is 5.82 Å². The van der Waals surface area contributed by atoms with E-state index < -0.39 is 5.92 Å². The molecule has 1 unspecified atom stereocenters. The number of anilines is 1. The zero-order chi connectivity index (χ0) is 12.1. The molecule has 1 aromatic carbocycles. The highest BCUT2D eigenvalue weighted by atomic mass is 19.1. The van der Waals surface area contributed by atoms with E-state index in [4.69, 9.17) is 5.11 Å². The fraction of sp³-hybridized carbons (Fsp3) is 0.417. The molecule has 3 nitrogen and oxygen atoms in total. The molecule has 1 atom stereocenters. The molecule has 0 heterocycles. The number of hydrogen-bond donors (Lipinski definition) is 1. The molecule has 1 rings (SSSR count). The number of halogens is 1. The van der Waals surface area contributed by atoms with Crippen molar-refractivity contribution in [1.29, 1.82) is 0 Å². The van der Waals surface area contributed by atoms with E-state index in [0.29, 0.717) is 12.1 Å². The smallest absolute Gasteiger partial charge is 0.232 e. The van der Waals surface area contributed by atoms with E-state index in [1.807, 2.05) is 6.92 Å². The molecular formula is C12H16FNO2. The summed E-state index contributed by atoms with van der Waals surface area (Å²) in [6, 6.07) is 5.69. The van der Waals surface area contributed by atoms with Crippen LogP contribution in [-0.4, -0.2) is 24.7 Å². The minimum Gasteiger partial charge on any atom is -0.396 e. The van der Waals surface area contributed by atoms with Crippen LogP contribution in [0.15, 0.2) is 24.3 Å². The maximum absolute atomic E-state index is 12.7. The van der Waals surface area contributed by atoms with E-state index in [1.165, 1.54) is 29.2 Å². The summed E-state index contributed by atoms with van der Waals surface area (Å²) in [7, 11) is 1.62. The van der Waals surface area contributed by atoms with Crippen LogP contribution in [0.25, 0.3) is 0 Å². The first-order valence-corrected chi connectivity index (χ1v) is 5.24. The van der Waals surface area contributed by atoms with Crippen LogP contribution in [0.2, 0.25) is 0 Å². The summed E-state index contributed by atoms with van der Waals surface area (Å²) < 4.78 is 12.7. The molecule has 4 heteroatoms. The van der Waals surface area contributed by atoms with Gasteiger partial charge in [0.2, 0.25) is 5.91 Å². The van der Waals surface area contributed by atoms with Gasteiger partial charge in [-0.2, -0.15) is 0 Å². The van der Waals surface area contributed by atoms with Gasteiger partial charge in [0, 0.05) is 12.7 Å². The zero-order valence-corrected chi connectivity index (χ0v) is 9.48. The lowest BCUT2D eigenvalue weighted by molar-refractivity contribution is -0.123. The second-order valence-electron chi connectivity index (χ2n) is 3.66. The van der Waals surface area contributed by atoms with Crippen LogP contribution < -0.4 is 4.90 Å². The van der Waals surface area contributed by atoms with Crippen molar-refractivity contribution >= 4 is 11.6 Å². The zero-order valence-electron chi connectivity index (χ0n) is 9.48. The van der Waals surface area contributed by atoms with Gasteiger partial charge < -0.3 is 10.0 Å². The minimum atomic E-state index is -0.393.